The van der Waals surface area contributed by atoms with Gasteiger partial charge in [-0.1, -0.05) is 54.1 Å². The molecular formula is C17H11ClNO2-. The molecule has 3 nitrogen and oxygen atoms in total. The van der Waals surface area contributed by atoms with Crippen LogP contribution in [0.15, 0.2) is 54.7 Å². The molecule has 0 aliphatic rings. The highest BCUT2D eigenvalue weighted by Gasteiger charge is 2.08. The number of carbonyl (C=O) groups is 1. The zero-order chi connectivity index (χ0) is 14.8. The maximum atomic E-state index is 10.9. The second-order valence-corrected chi connectivity index (χ2v) is 5.16. The van der Waals surface area contributed by atoms with Gasteiger partial charge in [0, 0.05) is 18.0 Å². The smallest absolute Gasteiger partial charge is 0.0723 e. The maximum absolute atomic E-state index is 10.9. The molecule has 0 spiro atoms. The van der Waals surface area contributed by atoms with Crippen molar-refractivity contribution < 1.29 is 9.90 Å². The minimum absolute atomic E-state index is 0.0990. The first-order valence-corrected chi connectivity index (χ1v) is 6.85. The zero-order valence-electron chi connectivity index (χ0n) is 11.0. The summed E-state index contributed by atoms with van der Waals surface area (Å²) < 4.78 is 0. The summed E-state index contributed by atoms with van der Waals surface area (Å²) in [6.45, 7) is 0. The molecule has 21 heavy (non-hydrogen) atoms. The lowest BCUT2D eigenvalue weighted by molar-refractivity contribution is -0.255. The number of carbonyl (C=O) groups excluding carboxylic acids is 1. The summed E-state index contributed by atoms with van der Waals surface area (Å²) in [6.07, 6.45) is 2.38. The molecule has 3 rings (SSSR count). The van der Waals surface area contributed by atoms with Gasteiger partial charge < -0.3 is 9.90 Å². The molecule has 0 aliphatic heterocycles. The van der Waals surface area contributed by atoms with E-state index < -0.39 is 5.97 Å². The molecule has 0 unspecified atom stereocenters. The number of pyridine rings is 1. The van der Waals surface area contributed by atoms with Gasteiger partial charge in [0.1, 0.15) is 0 Å². The normalized spacial score (nSPS) is 10.7. The zero-order valence-corrected chi connectivity index (χ0v) is 11.8. The predicted molar refractivity (Wildman–Crippen MR) is 80.3 cm³/mol. The number of hydrogen-bond acceptors (Lipinski definition) is 3. The van der Waals surface area contributed by atoms with E-state index >= 15 is 0 Å². The van der Waals surface area contributed by atoms with Crippen molar-refractivity contribution in [3.63, 3.8) is 0 Å². The quantitative estimate of drug-likeness (QED) is 0.747. The van der Waals surface area contributed by atoms with Gasteiger partial charge in [-0.3, -0.25) is 4.98 Å². The molecule has 3 aromatic rings. The fourth-order valence-corrected chi connectivity index (χ4v) is 2.54. The number of carboxylic acids is 1. The van der Waals surface area contributed by atoms with Crippen molar-refractivity contribution in [2.45, 2.75) is 6.42 Å². The summed E-state index contributed by atoms with van der Waals surface area (Å²) in [6, 6.07) is 14.6. The van der Waals surface area contributed by atoms with Crippen molar-refractivity contribution in [2.75, 3.05) is 0 Å². The third-order valence-electron chi connectivity index (χ3n) is 3.35. The SMILES string of the molecule is O=C([O-])c1ccc2c(Cl)c(Cc3ccccc3)cnc2c1. The van der Waals surface area contributed by atoms with Crippen LogP contribution in [-0.4, -0.2) is 11.0 Å². The molecule has 0 saturated heterocycles. The number of aromatic carboxylic acids is 1. The molecule has 4 heteroatoms. The third-order valence-corrected chi connectivity index (χ3v) is 3.80. The average molecular weight is 297 g/mol. The van der Waals surface area contributed by atoms with Gasteiger partial charge >= 0.3 is 0 Å². The van der Waals surface area contributed by atoms with Gasteiger partial charge in [-0.25, -0.2) is 0 Å². The van der Waals surface area contributed by atoms with E-state index in [0.29, 0.717) is 17.0 Å². The van der Waals surface area contributed by atoms with E-state index in [9.17, 15) is 9.90 Å². The molecule has 0 fully saturated rings. The van der Waals surface area contributed by atoms with Crippen LogP contribution in [0, 0.1) is 0 Å². The highest BCUT2D eigenvalue weighted by atomic mass is 35.5. The number of benzene rings is 2. The molecule has 0 aliphatic carbocycles. The number of halogens is 1. The van der Waals surface area contributed by atoms with Crippen LogP contribution < -0.4 is 5.11 Å². The van der Waals surface area contributed by atoms with E-state index in [1.807, 2.05) is 30.3 Å². The standard InChI is InChI=1S/C17H12ClNO2/c18-16-13(8-11-4-2-1-3-5-11)10-19-15-9-12(17(20)21)6-7-14(15)16/h1-7,9-10H,8H2,(H,20,21)/p-1. The number of rotatable bonds is 3. The van der Waals surface area contributed by atoms with E-state index in [0.717, 1.165) is 16.5 Å². The number of aromatic nitrogens is 1. The number of fused-ring (bicyclic) bond motifs is 1. The summed E-state index contributed by atoms with van der Waals surface area (Å²) in [5, 5.41) is 12.2. The molecule has 0 amide bonds. The fraction of sp³-hybridized carbons (Fsp3) is 0.0588. The van der Waals surface area contributed by atoms with Crippen molar-refractivity contribution in [2.24, 2.45) is 0 Å². The van der Waals surface area contributed by atoms with Crippen LogP contribution in [0.2, 0.25) is 5.02 Å². The van der Waals surface area contributed by atoms with Crippen molar-refractivity contribution in [3.8, 4) is 0 Å². The van der Waals surface area contributed by atoms with Gasteiger partial charge in [0.05, 0.1) is 16.5 Å². The van der Waals surface area contributed by atoms with Crippen LogP contribution in [0.5, 0.6) is 0 Å². The molecule has 1 heterocycles. The van der Waals surface area contributed by atoms with Gasteiger partial charge in [0.25, 0.3) is 0 Å². The first-order chi connectivity index (χ1) is 10.1. The van der Waals surface area contributed by atoms with Gasteiger partial charge in [-0.05, 0) is 22.8 Å². The molecule has 0 saturated carbocycles. The molecule has 0 radical (unpaired) electrons. The molecule has 0 N–H and O–H groups in total. The van der Waals surface area contributed by atoms with Crippen molar-refractivity contribution in [3.05, 3.63) is 76.4 Å². The minimum atomic E-state index is -1.22. The van der Waals surface area contributed by atoms with E-state index in [4.69, 9.17) is 11.6 Å². The Bertz CT molecular complexity index is 816. The van der Waals surface area contributed by atoms with Crippen LogP contribution in [0.1, 0.15) is 21.5 Å². The number of nitrogens with zero attached hydrogens (tertiary/aromatic N) is 1. The Hall–Kier alpha value is -2.39. The van der Waals surface area contributed by atoms with E-state index in [1.165, 1.54) is 12.1 Å². The summed E-state index contributed by atoms with van der Waals surface area (Å²) in [5.74, 6) is -1.22. The second kappa shape index (κ2) is 5.54. The van der Waals surface area contributed by atoms with Gasteiger partial charge in [0.2, 0.25) is 0 Å². The van der Waals surface area contributed by atoms with Crippen LogP contribution >= 0.6 is 11.6 Å². The Balaban J connectivity index is 2.04. The minimum Gasteiger partial charge on any atom is -0.545 e. The molecule has 104 valence electrons. The topological polar surface area (TPSA) is 53.0 Å². The Labute approximate surface area is 126 Å². The van der Waals surface area contributed by atoms with Gasteiger partial charge in [-0.15, -0.1) is 0 Å². The average Bonchev–Trinajstić information content (AvgIpc) is 2.51. The lowest BCUT2D eigenvalue weighted by atomic mass is 10.0. The predicted octanol–water partition coefficient (Wildman–Crippen LogP) is 2.84. The lowest BCUT2D eigenvalue weighted by Crippen LogP contribution is -2.22. The Kier molecular flexibility index (Phi) is 3.59. The first-order valence-electron chi connectivity index (χ1n) is 6.47. The third kappa shape index (κ3) is 2.73. The van der Waals surface area contributed by atoms with Gasteiger partial charge in [-0.2, -0.15) is 0 Å². The summed E-state index contributed by atoms with van der Waals surface area (Å²) in [4.78, 5) is 15.2. The van der Waals surface area contributed by atoms with Gasteiger partial charge in [0.15, 0.2) is 0 Å². The van der Waals surface area contributed by atoms with E-state index in [-0.39, 0.29) is 5.56 Å². The van der Waals surface area contributed by atoms with Crippen LogP contribution in [-0.2, 0) is 6.42 Å². The lowest BCUT2D eigenvalue weighted by Gasteiger charge is -2.09. The molecule has 0 atom stereocenters. The molecular weight excluding hydrogens is 286 g/mol. The number of carboxylic acid groups (broad SMARTS) is 1. The molecule has 2 aromatic carbocycles. The largest absolute Gasteiger partial charge is 0.545 e. The van der Waals surface area contributed by atoms with Crippen molar-refractivity contribution in [1.82, 2.24) is 4.98 Å². The summed E-state index contributed by atoms with van der Waals surface area (Å²) >= 11 is 6.42. The van der Waals surface area contributed by atoms with Crippen molar-refractivity contribution >= 4 is 28.5 Å². The molecule has 0 bridgehead atoms. The summed E-state index contributed by atoms with van der Waals surface area (Å²) in [5.41, 5.74) is 2.71. The highest BCUT2D eigenvalue weighted by Crippen LogP contribution is 2.27. The van der Waals surface area contributed by atoms with Crippen molar-refractivity contribution in [1.29, 1.82) is 0 Å². The number of hydrogen-bond donors (Lipinski definition) is 0. The summed E-state index contributed by atoms with van der Waals surface area (Å²) in [7, 11) is 0. The fourth-order valence-electron chi connectivity index (χ4n) is 2.27. The monoisotopic (exact) mass is 296 g/mol. The van der Waals surface area contributed by atoms with E-state index in [2.05, 4.69) is 4.98 Å². The Morgan fingerprint density at radius 2 is 1.90 bits per heavy atom. The van der Waals surface area contributed by atoms with Crippen LogP contribution in [0.4, 0.5) is 0 Å². The maximum Gasteiger partial charge on any atom is 0.0723 e. The second-order valence-electron chi connectivity index (χ2n) is 4.78. The van der Waals surface area contributed by atoms with E-state index in [1.54, 1.807) is 12.3 Å². The highest BCUT2D eigenvalue weighted by molar-refractivity contribution is 6.36. The van der Waals surface area contributed by atoms with Crippen LogP contribution in [0.25, 0.3) is 10.9 Å². The van der Waals surface area contributed by atoms with Crippen LogP contribution in [0.3, 0.4) is 0 Å². The Morgan fingerprint density at radius 1 is 1.14 bits per heavy atom. The molecule has 1 aromatic heterocycles. The Morgan fingerprint density at radius 3 is 2.62 bits per heavy atom. The first kappa shape index (κ1) is 13.6.